The second kappa shape index (κ2) is 6.83. The zero-order chi connectivity index (χ0) is 19.0. The molecule has 2 N–H and O–H groups in total. The third kappa shape index (κ3) is 3.28. The van der Waals surface area contributed by atoms with Crippen molar-refractivity contribution in [1.82, 2.24) is 10.2 Å². The highest BCUT2D eigenvalue weighted by Gasteiger charge is 2.31. The number of nitrogens with one attached hydrogen (secondary N) is 2. The molecular formula is C20H17F2N3O2. The highest BCUT2D eigenvalue weighted by molar-refractivity contribution is 6.06. The van der Waals surface area contributed by atoms with Gasteiger partial charge >= 0.3 is 0 Å². The van der Waals surface area contributed by atoms with E-state index in [2.05, 4.69) is 15.5 Å². The molecule has 1 saturated carbocycles. The molecule has 0 unspecified atom stereocenters. The number of amides is 1. The van der Waals surface area contributed by atoms with Crippen molar-refractivity contribution in [2.24, 2.45) is 0 Å². The summed E-state index contributed by atoms with van der Waals surface area (Å²) in [5.74, 6) is -1.78. The lowest BCUT2D eigenvalue weighted by Gasteiger charge is -2.10. The Bertz CT molecular complexity index is 992. The fraction of sp³-hybridized carbons (Fsp3) is 0.200. The van der Waals surface area contributed by atoms with Crippen LogP contribution in [0.4, 0.5) is 14.5 Å². The van der Waals surface area contributed by atoms with E-state index in [0.29, 0.717) is 17.1 Å². The van der Waals surface area contributed by atoms with Crippen LogP contribution in [0.15, 0.2) is 42.5 Å². The van der Waals surface area contributed by atoms with E-state index in [1.807, 2.05) is 12.1 Å². The van der Waals surface area contributed by atoms with Crippen LogP contribution >= 0.6 is 0 Å². The van der Waals surface area contributed by atoms with E-state index >= 15 is 0 Å². The molecule has 1 amide bonds. The van der Waals surface area contributed by atoms with E-state index in [1.165, 1.54) is 6.07 Å². The predicted octanol–water partition coefficient (Wildman–Crippen LogP) is 4.49. The van der Waals surface area contributed by atoms with Crippen LogP contribution in [-0.2, 0) is 0 Å². The minimum absolute atomic E-state index is 0.248. The highest BCUT2D eigenvalue weighted by Crippen LogP contribution is 2.45. The van der Waals surface area contributed by atoms with Crippen molar-refractivity contribution in [3.05, 3.63) is 65.4 Å². The number of carbonyl (C=O) groups excluding carboxylic acids is 1. The van der Waals surface area contributed by atoms with Gasteiger partial charge in [0.05, 0.1) is 18.5 Å². The molecule has 27 heavy (non-hydrogen) atoms. The first kappa shape index (κ1) is 17.2. The molecule has 1 aliphatic rings. The number of aromatic nitrogens is 2. The van der Waals surface area contributed by atoms with Gasteiger partial charge in [0.1, 0.15) is 28.6 Å². The van der Waals surface area contributed by atoms with Gasteiger partial charge in [-0.15, -0.1) is 0 Å². The second-order valence-electron chi connectivity index (χ2n) is 6.42. The summed E-state index contributed by atoms with van der Waals surface area (Å²) in [6.07, 6.45) is 1.94. The zero-order valence-electron chi connectivity index (χ0n) is 14.6. The van der Waals surface area contributed by atoms with E-state index in [4.69, 9.17) is 4.74 Å². The number of ether oxygens (including phenoxy) is 1. The number of carbonyl (C=O) groups is 1. The van der Waals surface area contributed by atoms with Crippen LogP contribution in [0.2, 0.25) is 0 Å². The number of halogens is 2. The van der Waals surface area contributed by atoms with Crippen molar-refractivity contribution in [2.75, 3.05) is 12.4 Å². The fourth-order valence-corrected chi connectivity index (χ4v) is 3.02. The molecule has 0 atom stereocenters. The van der Waals surface area contributed by atoms with Crippen molar-refractivity contribution in [3.63, 3.8) is 0 Å². The van der Waals surface area contributed by atoms with Crippen LogP contribution < -0.4 is 10.1 Å². The lowest BCUT2D eigenvalue weighted by atomic mass is 10.1. The van der Waals surface area contributed by atoms with Crippen molar-refractivity contribution >= 4 is 11.6 Å². The van der Waals surface area contributed by atoms with Crippen molar-refractivity contribution in [1.29, 1.82) is 0 Å². The minimum Gasteiger partial charge on any atom is -0.497 e. The van der Waals surface area contributed by atoms with Crippen LogP contribution in [0, 0.1) is 11.6 Å². The Morgan fingerprint density at radius 2 is 1.89 bits per heavy atom. The van der Waals surface area contributed by atoms with Gasteiger partial charge in [0.15, 0.2) is 0 Å². The molecule has 4 rings (SSSR count). The Morgan fingerprint density at radius 3 is 2.56 bits per heavy atom. The normalized spacial score (nSPS) is 13.4. The third-order valence-electron chi connectivity index (χ3n) is 4.55. The van der Waals surface area contributed by atoms with Gasteiger partial charge in [-0.25, -0.2) is 8.78 Å². The zero-order valence-corrected chi connectivity index (χ0v) is 14.6. The van der Waals surface area contributed by atoms with E-state index in [-0.39, 0.29) is 5.92 Å². The highest BCUT2D eigenvalue weighted by atomic mass is 19.1. The van der Waals surface area contributed by atoms with Crippen LogP contribution in [0.25, 0.3) is 11.3 Å². The number of aromatic amines is 1. The molecule has 1 heterocycles. The quantitative estimate of drug-likeness (QED) is 0.696. The third-order valence-corrected chi connectivity index (χ3v) is 4.55. The molecule has 1 fully saturated rings. The van der Waals surface area contributed by atoms with Gasteiger partial charge in [-0.3, -0.25) is 9.89 Å². The molecule has 138 valence electrons. The summed E-state index contributed by atoms with van der Waals surface area (Å²) >= 11 is 0. The second-order valence-corrected chi connectivity index (χ2v) is 6.42. The number of H-pyrrole nitrogens is 1. The first-order valence-corrected chi connectivity index (χ1v) is 8.56. The first-order valence-electron chi connectivity index (χ1n) is 8.56. The molecule has 2 aromatic carbocycles. The van der Waals surface area contributed by atoms with Gasteiger partial charge in [-0.2, -0.15) is 5.10 Å². The molecular weight excluding hydrogens is 352 g/mol. The monoisotopic (exact) mass is 369 g/mol. The summed E-state index contributed by atoms with van der Waals surface area (Å²) in [7, 11) is 1.56. The molecule has 1 aromatic heterocycles. The predicted molar refractivity (Wildman–Crippen MR) is 96.9 cm³/mol. The maximum Gasteiger partial charge on any atom is 0.261 e. The van der Waals surface area contributed by atoms with Crippen LogP contribution in [0.5, 0.6) is 5.75 Å². The topological polar surface area (TPSA) is 67.0 Å². The van der Waals surface area contributed by atoms with Crippen LogP contribution in [0.3, 0.4) is 0 Å². The molecule has 1 aliphatic carbocycles. The molecule has 0 radical (unpaired) electrons. The van der Waals surface area contributed by atoms with E-state index in [0.717, 1.165) is 36.2 Å². The molecule has 0 spiro atoms. The number of nitrogens with zero attached hydrogens (tertiary/aromatic N) is 1. The van der Waals surface area contributed by atoms with Gasteiger partial charge in [0.2, 0.25) is 0 Å². The smallest absolute Gasteiger partial charge is 0.261 e. The molecule has 0 saturated heterocycles. The number of hydrogen-bond donors (Lipinski definition) is 2. The van der Waals surface area contributed by atoms with E-state index in [1.54, 1.807) is 19.2 Å². The summed E-state index contributed by atoms with van der Waals surface area (Å²) in [5, 5.41) is 9.96. The van der Waals surface area contributed by atoms with Gasteiger partial charge in [0.25, 0.3) is 5.91 Å². The largest absolute Gasteiger partial charge is 0.497 e. The Hall–Kier alpha value is -3.22. The Morgan fingerprint density at radius 1 is 1.19 bits per heavy atom. The Kier molecular flexibility index (Phi) is 4.35. The molecule has 0 bridgehead atoms. The van der Waals surface area contributed by atoms with E-state index in [9.17, 15) is 13.6 Å². The summed E-state index contributed by atoms with van der Waals surface area (Å²) in [6, 6.07) is 10.5. The van der Waals surface area contributed by atoms with Crippen molar-refractivity contribution in [2.45, 2.75) is 18.8 Å². The van der Waals surface area contributed by atoms with Gasteiger partial charge in [-0.1, -0.05) is 18.2 Å². The average Bonchev–Trinajstić information content (AvgIpc) is 3.42. The van der Waals surface area contributed by atoms with Crippen LogP contribution in [-0.4, -0.2) is 23.2 Å². The first-order chi connectivity index (χ1) is 13.1. The molecule has 3 aromatic rings. The standard InChI is InChI=1S/C20H17F2N3O2/c1-27-13-5-2-4-12(10-13)18-19(17(24-25-18)11-8-9-11)23-20(26)16-14(21)6-3-7-15(16)22/h2-7,10-11H,8-9H2,1H3,(H,23,26)(H,24,25). The average molecular weight is 369 g/mol. The summed E-state index contributed by atoms with van der Waals surface area (Å²) in [6.45, 7) is 0. The van der Waals surface area contributed by atoms with E-state index < -0.39 is 23.1 Å². The number of methoxy groups -OCH3 is 1. The minimum atomic E-state index is -0.910. The van der Waals surface area contributed by atoms with Crippen molar-refractivity contribution < 1.29 is 18.3 Å². The lowest BCUT2D eigenvalue weighted by Crippen LogP contribution is -2.17. The Balaban J connectivity index is 1.75. The van der Waals surface area contributed by atoms with Gasteiger partial charge in [0, 0.05) is 11.5 Å². The maximum absolute atomic E-state index is 14.0. The molecule has 0 aliphatic heterocycles. The summed E-state index contributed by atoms with van der Waals surface area (Å²) in [4.78, 5) is 12.6. The molecule has 7 heteroatoms. The van der Waals surface area contributed by atoms with Gasteiger partial charge < -0.3 is 10.1 Å². The summed E-state index contributed by atoms with van der Waals surface area (Å²) < 4.78 is 33.2. The Labute approximate surface area is 154 Å². The maximum atomic E-state index is 14.0. The van der Waals surface area contributed by atoms with Crippen molar-refractivity contribution in [3.8, 4) is 17.0 Å². The number of benzene rings is 2. The fourth-order valence-electron chi connectivity index (χ4n) is 3.02. The SMILES string of the molecule is COc1cccc(-c2n[nH]c(C3CC3)c2NC(=O)c2c(F)cccc2F)c1. The lowest BCUT2D eigenvalue weighted by molar-refractivity contribution is 0.101. The number of hydrogen-bond acceptors (Lipinski definition) is 3. The summed E-state index contributed by atoms with van der Waals surface area (Å²) in [5.41, 5.74) is 1.82. The van der Waals surface area contributed by atoms with Gasteiger partial charge in [-0.05, 0) is 37.1 Å². The number of anilines is 1. The van der Waals surface area contributed by atoms with Crippen LogP contribution in [0.1, 0.15) is 34.8 Å². The molecule has 5 nitrogen and oxygen atoms in total. The number of rotatable bonds is 5.